The summed E-state index contributed by atoms with van der Waals surface area (Å²) in [6.45, 7) is 8.04. The highest BCUT2D eigenvalue weighted by Gasteiger charge is 2.32. The normalized spacial score (nSPS) is 23.1. The summed E-state index contributed by atoms with van der Waals surface area (Å²) in [7, 11) is 0. The van der Waals surface area contributed by atoms with E-state index in [1.807, 2.05) is 54.6 Å². The van der Waals surface area contributed by atoms with Crippen molar-refractivity contribution >= 4 is 16.9 Å². The number of hydrogen-bond donors (Lipinski definition) is 4. The number of anilines is 2. The second-order valence-corrected chi connectivity index (χ2v) is 11.0. The van der Waals surface area contributed by atoms with Gasteiger partial charge in [-0.1, -0.05) is 116 Å². The van der Waals surface area contributed by atoms with Gasteiger partial charge in [-0.25, -0.2) is 0 Å². The highest BCUT2D eigenvalue weighted by atomic mass is 14.7. The smallest absolute Gasteiger partial charge is 0.0394 e. The molecule has 0 spiro atoms. The minimum atomic E-state index is -0.145. The molecule has 8 N–H and O–H groups in total. The lowest BCUT2D eigenvalue weighted by atomic mass is 9.70. The van der Waals surface area contributed by atoms with Crippen molar-refractivity contribution in [3.63, 3.8) is 0 Å². The molecule has 5 rings (SSSR count). The van der Waals surface area contributed by atoms with Gasteiger partial charge >= 0.3 is 0 Å². The van der Waals surface area contributed by atoms with Crippen LogP contribution in [0, 0.1) is 11.8 Å². The van der Waals surface area contributed by atoms with Crippen molar-refractivity contribution < 1.29 is 0 Å². The van der Waals surface area contributed by atoms with E-state index in [1.165, 1.54) is 16.7 Å². The quantitative estimate of drug-likeness (QED) is 0.209. The second kappa shape index (κ2) is 12.3. The van der Waals surface area contributed by atoms with Crippen LogP contribution in [0.5, 0.6) is 0 Å². The van der Waals surface area contributed by atoms with Crippen LogP contribution < -0.4 is 22.9 Å². The van der Waals surface area contributed by atoms with Crippen molar-refractivity contribution in [2.75, 3.05) is 11.5 Å². The van der Waals surface area contributed by atoms with E-state index in [0.29, 0.717) is 0 Å². The summed E-state index contributed by atoms with van der Waals surface area (Å²) in [5.41, 5.74) is 36.2. The molecule has 0 bridgehead atoms. The summed E-state index contributed by atoms with van der Waals surface area (Å²) in [5.74, 6) is 0.335. The first-order valence-corrected chi connectivity index (χ1v) is 14.3. The van der Waals surface area contributed by atoms with E-state index in [-0.39, 0.29) is 23.8 Å². The molecule has 0 aliphatic heterocycles. The van der Waals surface area contributed by atoms with Crippen LogP contribution in [-0.2, 0) is 0 Å². The summed E-state index contributed by atoms with van der Waals surface area (Å²) in [4.78, 5) is 0. The maximum Gasteiger partial charge on any atom is 0.0394 e. The average Bonchev–Trinajstić information content (AvgIpc) is 2.99. The molecular formula is C37H40N4. The molecule has 4 nitrogen and oxygen atoms in total. The molecule has 0 radical (unpaired) electrons. The first kappa shape index (κ1) is 28.0. The molecule has 3 aliphatic rings. The Balaban J connectivity index is 1.59. The monoisotopic (exact) mass is 540 g/mol. The predicted molar refractivity (Wildman–Crippen MR) is 175 cm³/mol. The summed E-state index contributed by atoms with van der Waals surface area (Å²) < 4.78 is 0. The number of allylic oxidation sites excluding steroid dienone is 13. The van der Waals surface area contributed by atoms with Gasteiger partial charge in [0.05, 0.1) is 0 Å². The Labute approximate surface area is 244 Å². The van der Waals surface area contributed by atoms with Gasteiger partial charge in [0.1, 0.15) is 0 Å². The summed E-state index contributed by atoms with van der Waals surface area (Å²) in [5, 5.41) is 0. The zero-order valence-corrected chi connectivity index (χ0v) is 23.5. The third kappa shape index (κ3) is 5.98. The molecule has 4 unspecified atom stereocenters. The maximum absolute atomic E-state index is 6.64. The average molecular weight is 541 g/mol. The number of para-hydroxylation sites is 2. The van der Waals surface area contributed by atoms with Crippen molar-refractivity contribution in [3.05, 3.63) is 162 Å². The Bertz CT molecular complexity index is 1560. The Morgan fingerprint density at radius 3 is 2.39 bits per heavy atom. The lowest BCUT2D eigenvalue weighted by Crippen LogP contribution is -2.30. The molecule has 41 heavy (non-hydrogen) atoms. The zero-order chi connectivity index (χ0) is 28.9. The summed E-state index contributed by atoms with van der Waals surface area (Å²) in [6.07, 6.45) is 24.1. The number of nitrogens with two attached hydrogens (primary N) is 4. The van der Waals surface area contributed by atoms with Crippen LogP contribution in [0.25, 0.3) is 5.57 Å². The third-order valence-corrected chi connectivity index (χ3v) is 8.42. The maximum atomic E-state index is 6.64. The highest BCUT2D eigenvalue weighted by Crippen LogP contribution is 2.44. The van der Waals surface area contributed by atoms with Crippen LogP contribution in [0.2, 0.25) is 0 Å². The van der Waals surface area contributed by atoms with Gasteiger partial charge in [0.15, 0.2) is 0 Å². The first-order valence-electron chi connectivity index (χ1n) is 14.3. The predicted octanol–water partition coefficient (Wildman–Crippen LogP) is 7.27. The van der Waals surface area contributed by atoms with Crippen molar-refractivity contribution in [2.24, 2.45) is 23.3 Å². The van der Waals surface area contributed by atoms with Crippen LogP contribution in [0.3, 0.4) is 0 Å². The van der Waals surface area contributed by atoms with E-state index in [2.05, 4.69) is 61.8 Å². The van der Waals surface area contributed by atoms with Gasteiger partial charge in [0.2, 0.25) is 0 Å². The molecule has 0 saturated heterocycles. The molecule has 0 saturated carbocycles. The van der Waals surface area contributed by atoms with E-state index < -0.39 is 0 Å². The Kier molecular flexibility index (Phi) is 8.42. The number of hydrogen-bond acceptors (Lipinski definition) is 4. The highest BCUT2D eigenvalue weighted by molar-refractivity contribution is 5.85. The lowest BCUT2D eigenvalue weighted by molar-refractivity contribution is 0.497. The third-order valence-electron chi connectivity index (χ3n) is 8.42. The molecule has 2 aromatic rings. The molecule has 0 amide bonds. The van der Waals surface area contributed by atoms with Crippen molar-refractivity contribution in [1.82, 2.24) is 0 Å². The second-order valence-electron chi connectivity index (χ2n) is 11.0. The van der Waals surface area contributed by atoms with E-state index in [1.54, 1.807) is 6.08 Å². The van der Waals surface area contributed by atoms with Crippen LogP contribution in [0.4, 0.5) is 11.4 Å². The zero-order valence-electron chi connectivity index (χ0n) is 23.5. The van der Waals surface area contributed by atoms with E-state index in [4.69, 9.17) is 22.9 Å². The molecule has 0 fully saturated rings. The minimum Gasteiger partial charge on any atom is -0.398 e. The molecule has 0 heterocycles. The SMILES string of the molecule is C=C/C=C\C(=C)C1=CC=C(C(C2=CC(c3ccccc3N)C(N)C=C2)C2C=C(c3ccccc3N)C(N)=CC2)CC1. The topological polar surface area (TPSA) is 104 Å². The molecular weight excluding hydrogens is 500 g/mol. The molecule has 208 valence electrons. The first-order chi connectivity index (χ1) is 19.9. The van der Waals surface area contributed by atoms with Gasteiger partial charge in [0, 0.05) is 46.1 Å². The molecule has 4 atom stereocenters. The van der Waals surface area contributed by atoms with Crippen LogP contribution in [0.1, 0.15) is 36.3 Å². The van der Waals surface area contributed by atoms with Crippen LogP contribution in [-0.4, -0.2) is 6.04 Å². The van der Waals surface area contributed by atoms with Crippen LogP contribution >= 0.6 is 0 Å². The van der Waals surface area contributed by atoms with Gasteiger partial charge in [-0.15, -0.1) is 0 Å². The molecule has 4 heteroatoms. The largest absolute Gasteiger partial charge is 0.398 e. The lowest BCUT2D eigenvalue weighted by Gasteiger charge is -2.35. The van der Waals surface area contributed by atoms with Crippen molar-refractivity contribution in [1.29, 1.82) is 0 Å². The Hall–Kier alpha value is -4.54. The van der Waals surface area contributed by atoms with Gasteiger partial charge in [-0.05, 0) is 59.6 Å². The fourth-order valence-corrected chi connectivity index (χ4v) is 6.21. The van der Waals surface area contributed by atoms with Gasteiger partial charge in [0.25, 0.3) is 0 Å². The molecule has 0 aromatic heterocycles. The number of nitrogen functional groups attached to an aromatic ring is 2. The van der Waals surface area contributed by atoms with E-state index in [0.717, 1.165) is 58.6 Å². The van der Waals surface area contributed by atoms with Crippen LogP contribution in [0.15, 0.2) is 150 Å². The summed E-state index contributed by atoms with van der Waals surface area (Å²) in [6, 6.07) is 15.8. The van der Waals surface area contributed by atoms with E-state index >= 15 is 0 Å². The Morgan fingerprint density at radius 2 is 1.68 bits per heavy atom. The number of rotatable bonds is 8. The van der Waals surface area contributed by atoms with Gasteiger partial charge in [-0.2, -0.15) is 0 Å². The Morgan fingerprint density at radius 1 is 0.927 bits per heavy atom. The van der Waals surface area contributed by atoms with E-state index in [9.17, 15) is 0 Å². The van der Waals surface area contributed by atoms with Crippen molar-refractivity contribution in [2.45, 2.75) is 31.2 Å². The molecule has 3 aliphatic carbocycles. The fourth-order valence-electron chi connectivity index (χ4n) is 6.21. The number of benzene rings is 2. The molecule has 2 aromatic carbocycles. The van der Waals surface area contributed by atoms with Gasteiger partial charge < -0.3 is 22.9 Å². The van der Waals surface area contributed by atoms with Crippen molar-refractivity contribution in [3.8, 4) is 0 Å². The fraction of sp³-hybridized carbons (Fsp3) is 0.189. The standard InChI is InChI=1S/C37H40N4/c1-3-4-9-24(2)25-14-16-26(17-15-25)37(27-18-20-35(40)31(22-27)29-10-5-7-12-33(29)38)28-19-21-36(41)32(23-28)30-11-6-8-13-34(30)39/h3-14,16,18,20-23,28,31,35,37H,1-2,15,17,19,38-41H2/b9-4-. The summed E-state index contributed by atoms with van der Waals surface area (Å²) >= 11 is 0. The van der Waals surface area contributed by atoms with Gasteiger partial charge in [-0.3, -0.25) is 0 Å². The minimum absolute atomic E-state index is 0.00442.